The molecule has 0 spiro atoms. The maximum atomic E-state index is 14.3. The second-order valence-electron chi connectivity index (χ2n) is 5.40. The van der Waals surface area contributed by atoms with Crippen molar-refractivity contribution in [2.24, 2.45) is 0 Å². The molecular formula is C14H10F4N2O5. The summed E-state index contributed by atoms with van der Waals surface area (Å²) < 4.78 is 74.3. The van der Waals surface area contributed by atoms with Gasteiger partial charge < -0.3 is 18.7 Å². The topological polar surface area (TPSA) is 74.0 Å². The Morgan fingerprint density at radius 3 is 2.60 bits per heavy atom. The van der Waals surface area contributed by atoms with Crippen molar-refractivity contribution in [3.8, 4) is 0 Å². The standard InChI is InChI=1S/C14H10F4N2O5/c15-8-5(13-22-1-2-23-13)3-6-10(9(8)16)25-19-12(6)20-7(11(17)18)4-24-14(20)21/h3,7,11,13H,1-2,4H2. The molecule has 1 unspecified atom stereocenters. The second-order valence-corrected chi connectivity index (χ2v) is 5.40. The van der Waals surface area contributed by atoms with Gasteiger partial charge in [0.15, 0.2) is 17.9 Å². The van der Waals surface area contributed by atoms with E-state index in [2.05, 4.69) is 9.89 Å². The van der Waals surface area contributed by atoms with Gasteiger partial charge >= 0.3 is 6.09 Å². The van der Waals surface area contributed by atoms with Crippen LogP contribution in [0.15, 0.2) is 10.6 Å². The monoisotopic (exact) mass is 362 g/mol. The highest BCUT2D eigenvalue weighted by molar-refractivity contribution is 5.99. The number of ether oxygens (including phenoxy) is 3. The lowest BCUT2D eigenvalue weighted by atomic mass is 10.1. The molecule has 2 aliphatic rings. The van der Waals surface area contributed by atoms with Crippen molar-refractivity contribution in [3.05, 3.63) is 23.3 Å². The van der Waals surface area contributed by atoms with E-state index in [0.717, 1.165) is 6.07 Å². The van der Waals surface area contributed by atoms with E-state index in [1.165, 1.54) is 0 Å². The highest BCUT2D eigenvalue weighted by Gasteiger charge is 2.43. The van der Waals surface area contributed by atoms with Gasteiger partial charge in [0.05, 0.1) is 18.6 Å². The zero-order valence-electron chi connectivity index (χ0n) is 12.4. The number of anilines is 1. The minimum atomic E-state index is -2.93. The van der Waals surface area contributed by atoms with Crippen LogP contribution in [-0.2, 0) is 14.2 Å². The first-order valence-electron chi connectivity index (χ1n) is 7.23. The number of amides is 1. The quantitative estimate of drug-likeness (QED) is 0.782. The number of rotatable bonds is 3. The lowest BCUT2D eigenvalue weighted by Crippen LogP contribution is -2.39. The molecule has 1 atom stereocenters. The number of nitrogens with zero attached hydrogens (tertiary/aromatic N) is 2. The summed E-state index contributed by atoms with van der Waals surface area (Å²) in [7, 11) is 0. The molecule has 2 saturated heterocycles. The number of carbonyl (C=O) groups is 1. The van der Waals surface area contributed by atoms with Gasteiger partial charge in [0.1, 0.15) is 12.6 Å². The fourth-order valence-corrected chi connectivity index (χ4v) is 2.77. The summed E-state index contributed by atoms with van der Waals surface area (Å²) in [5.41, 5.74) is -0.893. The molecule has 0 saturated carbocycles. The molecule has 3 heterocycles. The number of carbonyl (C=O) groups excluding carboxylic acids is 1. The summed E-state index contributed by atoms with van der Waals surface area (Å²) in [4.78, 5) is 12.4. The van der Waals surface area contributed by atoms with Crippen LogP contribution in [-0.4, -0.2) is 43.5 Å². The summed E-state index contributed by atoms with van der Waals surface area (Å²) >= 11 is 0. The van der Waals surface area contributed by atoms with Gasteiger partial charge in [-0.1, -0.05) is 5.16 Å². The van der Waals surface area contributed by atoms with Crippen LogP contribution in [0.2, 0.25) is 0 Å². The summed E-state index contributed by atoms with van der Waals surface area (Å²) in [6.45, 7) is -0.186. The molecule has 134 valence electrons. The lowest BCUT2D eigenvalue weighted by molar-refractivity contribution is -0.0467. The van der Waals surface area contributed by atoms with Gasteiger partial charge in [0.2, 0.25) is 11.4 Å². The molecule has 4 rings (SSSR count). The third kappa shape index (κ3) is 2.42. The van der Waals surface area contributed by atoms with Gasteiger partial charge in [0.25, 0.3) is 6.43 Å². The predicted octanol–water partition coefficient (Wildman–Crippen LogP) is 2.74. The minimum absolute atomic E-state index is 0.169. The molecule has 0 bridgehead atoms. The van der Waals surface area contributed by atoms with Gasteiger partial charge in [-0.2, -0.15) is 4.39 Å². The smallest absolute Gasteiger partial charge is 0.416 e. The second kappa shape index (κ2) is 5.85. The minimum Gasteiger partial charge on any atom is -0.447 e. The average molecular weight is 362 g/mol. The van der Waals surface area contributed by atoms with Crippen LogP contribution in [0.4, 0.5) is 28.2 Å². The summed E-state index contributed by atoms with van der Waals surface area (Å²) in [5, 5.41) is 3.29. The third-order valence-corrected chi connectivity index (χ3v) is 3.95. The van der Waals surface area contributed by atoms with Crippen LogP contribution >= 0.6 is 0 Å². The van der Waals surface area contributed by atoms with Gasteiger partial charge in [-0.05, 0) is 6.07 Å². The Morgan fingerprint density at radius 1 is 1.20 bits per heavy atom. The summed E-state index contributed by atoms with van der Waals surface area (Å²) in [6.07, 6.45) is -5.16. The Hall–Kier alpha value is -2.40. The van der Waals surface area contributed by atoms with Crippen LogP contribution in [0.1, 0.15) is 11.9 Å². The molecule has 11 heteroatoms. The Kier molecular flexibility index (Phi) is 3.76. The molecule has 7 nitrogen and oxygen atoms in total. The number of benzene rings is 1. The van der Waals surface area contributed by atoms with Gasteiger partial charge in [-0.3, -0.25) is 0 Å². The number of hydrogen-bond acceptors (Lipinski definition) is 6. The Bertz CT molecular complexity index is 836. The van der Waals surface area contributed by atoms with E-state index in [0.29, 0.717) is 4.90 Å². The summed E-state index contributed by atoms with van der Waals surface area (Å²) in [5.74, 6) is -3.04. The summed E-state index contributed by atoms with van der Waals surface area (Å²) in [6, 6.07) is -0.514. The molecule has 1 aromatic heterocycles. The van der Waals surface area contributed by atoms with E-state index in [1.54, 1.807) is 0 Å². The zero-order chi connectivity index (χ0) is 17.7. The van der Waals surface area contributed by atoms with Crippen molar-refractivity contribution in [2.75, 3.05) is 24.7 Å². The molecule has 0 aliphatic carbocycles. The van der Waals surface area contributed by atoms with Crippen molar-refractivity contribution in [1.82, 2.24) is 5.16 Å². The van der Waals surface area contributed by atoms with Gasteiger partial charge in [-0.25, -0.2) is 22.9 Å². The van der Waals surface area contributed by atoms with Crippen LogP contribution in [0.5, 0.6) is 0 Å². The number of fused-ring (bicyclic) bond motifs is 1. The lowest BCUT2D eigenvalue weighted by Gasteiger charge is -2.18. The molecule has 2 fully saturated rings. The third-order valence-electron chi connectivity index (χ3n) is 3.95. The Balaban J connectivity index is 1.86. The van der Waals surface area contributed by atoms with E-state index in [4.69, 9.17) is 14.0 Å². The molecule has 0 N–H and O–H groups in total. The van der Waals surface area contributed by atoms with Crippen molar-refractivity contribution in [3.63, 3.8) is 0 Å². The molecule has 1 aromatic carbocycles. The number of aromatic nitrogens is 1. The SMILES string of the molecule is O=C1OCC(C(F)F)N1c1noc2c(F)c(F)c(C3OCCO3)cc12. The predicted molar refractivity (Wildman–Crippen MR) is 72.2 cm³/mol. The first-order chi connectivity index (χ1) is 12.0. The van der Waals surface area contributed by atoms with Crippen LogP contribution in [0, 0.1) is 11.6 Å². The molecule has 2 aromatic rings. The van der Waals surface area contributed by atoms with Gasteiger partial charge in [-0.15, -0.1) is 0 Å². The Labute approximate surface area is 137 Å². The van der Waals surface area contributed by atoms with Crippen molar-refractivity contribution in [2.45, 2.75) is 18.8 Å². The van der Waals surface area contributed by atoms with E-state index in [9.17, 15) is 22.4 Å². The van der Waals surface area contributed by atoms with E-state index < -0.39 is 48.7 Å². The van der Waals surface area contributed by atoms with Gasteiger partial charge in [0, 0.05) is 5.56 Å². The largest absolute Gasteiger partial charge is 0.447 e. The Morgan fingerprint density at radius 2 is 1.92 bits per heavy atom. The van der Waals surface area contributed by atoms with Crippen LogP contribution < -0.4 is 4.90 Å². The van der Waals surface area contributed by atoms with Crippen LogP contribution in [0.3, 0.4) is 0 Å². The maximum absolute atomic E-state index is 14.3. The van der Waals surface area contributed by atoms with E-state index in [1.807, 2.05) is 0 Å². The highest BCUT2D eigenvalue weighted by atomic mass is 19.3. The first kappa shape index (κ1) is 16.1. The van der Waals surface area contributed by atoms with E-state index >= 15 is 0 Å². The number of cyclic esters (lactones) is 1. The highest BCUT2D eigenvalue weighted by Crippen LogP contribution is 2.37. The molecular weight excluding hydrogens is 352 g/mol. The van der Waals surface area contributed by atoms with E-state index in [-0.39, 0.29) is 30.0 Å². The van der Waals surface area contributed by atoms with Crippen molar-refractivity contribution < 1.29 is 41.1 Å². The fourth-order valence-electron chi connectivity index (χ4n) is 2.77. The van der Waals surface area contributed by atoms with Crippen LogP contribution in [0.25, 0.3) is 11.0 Å². The molecule has 1 amide bonds. The molecule has 0 radical (unpaired) electrons. The van der Waals surface area contributed by atoms with Crippen molar-refractivity contribution >= 4 is 22.9 Å². The maximum Gasteiger partial charge on any atom is 0.416 e. The fraction of sp³-hybridized carbons (Fsp3) is 0.429. The normalized spacial score (nSPS) is 21.7. The number of hydrogen-bond donors (Lipinski definition) is 0. The number of halogens is 4. The first-order valence-corrected chi connectivity index (χ1v) is 7.23. The van der Waals surface area contributed by atoms with Crippen molar-refractivity contribution in [1.29, 1.82) is 0 Å². The molecule has 2 aliphatic heterocycles. The number of alkyl halides is 2. The zero-order valence-corrected chi connectivity index (χ0v) is 12.4. The molecule has 25 heavy (non-hydrogen) atoms. The average Bonchev–Trinajstić information content (AvgIpc) is 3.29.